The minimum atomic E-state index is -0.356. The van der Waals surface area contributed by atoms with E-state index in [1.54, 1.807) is 24.9 Å². The second-order valence-electron chi connectivity index (χ2n) is 7.39. The molecule has 0 saturated carbocycles. The Kier molecular flexibility index (Phi) is 6.98. The van der Waals surface area contributed by atoms with E-state index in [9.17, 15) is 14.9 Å². The molecule has 0 spiro atoms. The van der Waals surface area contributed by atoms with Crippen LogP contribution in [-0.2, 0) is 18.4 Å². The first-order chi connectivity index (χ1) is 14.8. The summed E-state index contributed by atoms with van der Waals surface area (Å²) in [6, 6.07) is 11.9. The van der Waals surface area contributed by atoms with Crippen LogP contribution >= 0.6 is 24.0 Å². The third-order valence-corrected chi connectivity index (χ3v) is 6.57. The van der Waals surface area contributed by atoms with Crippen molar-refractivity contribution in [3.63, 3.8) is 0 Å². The molecule has 6 nitrogen and oxygen atoms in total. The van der Waals surface area contributed by atoms with E-state index in [1.807, 2.05) is 55.3 Å². The highest BCUT2D eigenvalue weighted by Crippen LogP contribution is 2.35. The van der Waals surface area contributed by atoms with Gasteiger partial charge in [0.15, 0.2) is 0 Å². The second kappa shape index (κ2) is 9.50. The fourth-order valence-electron chi connectivity index (χ4n) is 3.65. The van der Waals surface area contributed by atoms with E-state index in [2.05, 4.69) is 0 Å². The molecule has 0 unspecified atom stereocenters. The largest absolute Gasteiger partial charge is 0.356 e. The Morgan fingerprint density at radius 3 is 2.55 bits per heavy atom. The van der Waals surface area contributed by atoms with Crippen LogP contribution in [0.3, 0.4) is 0 Å². The van der Waals surface area contributed by atoms with Gasteiger partial charge in [-0.1, -0.05) is 61.2 Å². The molecule has 0 aliphatic carbocycles. The van der Waals surface area contributed by atoms with E-state index >= 15 is 0 Å². The molecule has 2 aromatic rings. The zero-order valence-electron chi connectivity index (χ0n) is 18.0. The minimum Gasteiger partial charge on any atom is -0.356 e. The van der Waals surface area contributed by atoms with Crippen LogP contribution in [-0.4, -0.2) is 33.3 Å². The molecule has 1 aromatic carbocycles. The summed E-state index contributed by atoms with van der Waals surface area (Å²) >= 11 is 6.64. The first-order valence-corrected chi connectivity index (χ1v) is 11.2. The number of amides is 1. The average Bonchev–Trinajstić information content (AvgIpc) is 3.01. The first-order valence-electron chi connectivity index (χ1n) is 9.94. The Bertz CT molecular complexity index is 1160. The Hall–Kier alpha value is -2.89. The second-order valence-corrected chi connectivity index (χ2v) is 9.06. The number of anilines is 1. The van der Waals surface area contributed by atoms with Gasteiger partial charge < -0.3 is 4.90 Å². The molecule has 0 N–H and O–H groups in total. The van der Waals surface area contributed by atoms with Crippen molar-refractivity contribution in [3.05, 3.63) is 67.8 Å². The lowest BCUT2D eigenvalue weighted by Gasteiger charge is -2.26. The van der Waals surface area contributed by atoms with Crippen molar-refractivity contribution in [2.24, 2.45) is 7.05 Å². The van der Waals surface area contributed by atoms with Gasteiger partial charge in [0.1, 0.15) is 21.8 Å². The Morgan fingerprint density at radius 1 is 1.26 bits per heavy atom. The number of hydrogen-bond donors (Lipinski definition) is 0. The van der Waals surface area contributed by atoms with Gasteiger partial charge in [0.05, 0.1) is 4.91 Å². The molecule has 0 atom stereocenters. The van der Waals surface area contributed by atoms with Crippen molar-refractivity contribution in [3.8, 4) is 6.07 Å². The molecular weight excluding hydrogens is 428 g/mol. The molecule has 1 saturated heterocycles. The Labute approximate surface area is 191 Å². The molecule has 1 amide bonds. The van der Waals surface area contributed by atoms with Gasteiger partial charge in [0.25, 0.3) is 11.5 Å². The lowest BCUT2D eigenvalue weighted by atomic mass is 10.0. The molecule has 1 fully saturated rings. The van der Waals surface area contributed by atoms with E-state index < -0.39 is 0 Å². The van der Waals surface area contributed by atoms with Crippen LogP contribution in [0.25, 0.3) is 6.08 Å². The van der Waals surface area contributed by atoms with Gasteiger partial charge >= 0.3 is 0 Å². The fraction of sp³-hybridized carbons (Fsp3) is 0.304. The molecule has 1 aliphatic rings. The van der Waals surface area contributed by atoms with Crippen LogP contribution in [0.2, 0.25) is 0 Å². The number of carbonyl (C=O) groups is 1. The zero-order valence-corrected chi connectivity index (χ0v) is 19.6. The number of thioether (sulfide) groups is 1. The van der Waals surface area contributed by atoms with Crippen molar-refractivity contribution < 1.29 is 4.79 Å². The van der Waals surface area contributed by atoms with E-state index in [0.29, 0.717) is 39.3 Å². The van der Waals surface area contributed by atoms with Gasteiger partial charge in [-0.3, -0.25) is 19.1 Å². The number of rotatable bonds is 6. The summed E-state index contributed by atoms with van der Waals surface area (Å²) in [4.78, 5) is 29.8. The van der Waals surface area contributed by atoms with Gasteiger partial charge in [0.2, 0.25) is 0 Å². The minimum absolute atomic E-state index is 0.0784. The topological polar surface area (TPSA) is 69.3 Å². The predicted octanol–water partition coefficient (Wildman–Crippen LogP) is 3.81. The van der Waals surface area contributed by atoms with Crippen molar-refractivity contribution in [1.29, 1.82) is 5.26 Å². The number of nitriles is 1. The highest BCUT2D eigenvalue weighted by atomic mass is 32.2. The summed E-state index contributed by atoms with van der Waals surface area (Å²) in [5.41, 5.74) is 2.04. The van der Waals surface area contributed by atoms with E-state index in [-0.39, 0.29) is 17.0 Å². The van der Waals surface area contributed by atoms with Crippen molar-refractivity contribution >= 4 is 46.1 Å². The van der Waals surface area contributed by atoms with Crippen molar-refractivity contribution in [1.82, 2.24) is 9.47 Å². The number of pyridine rings is 1. The zero-order chi connectivity index (χ0) is 22.7. The van der Waals surface area contributed by atoms with Crippen LogP contribution < -0.4 is 10.5 Å². The maximum atomic E-state index is 12.9. The number of carbonyl (C=O) groups excluding carboxylic acids is 1. The van der Waals surface area contributed by atoms with Gasteiger partial charge in [-0.15, -0.1) is 0 Å². The van der Waals surface area contributed by atoms with Crippen LogP contribution in [0, 0.1) is 18.3 Å². The van der Waals surface area contributed by atoms with Gasteiger partial charge in [-0.25, -0.2) is 0 Å². The molecule has 0 bridgehead atoms. The third-order valence-electron chi connectivity index (χ3n) is 5.19. The summed E-state index contributed by atoms with van der Waals surface area (Å²) in [5, 5.41) is 9.58. The summed E-state index contributed by atoms with van der Waals surface area (Å²) in [7, 11) is 3.55. The predicted molar refractivity (Wildman–Crippen MR) is 130 cm³/mol. The van der Waals surface area contributed by atoms with Gasteiger partial charge in [-0.2, -0.15) is 5.26 Å². The number of benzene rings is 1. The molecule has 31 heavy (non-hydrogen) atoms. The van der Waals surface area contributed by atoms with Crippen LogP contribution in [0.4, 0.5) is 5.82 Å². The number of thiocarbonyl (C=S) groups is 1. The summed E-state index contributed by atoms with van der Waals surface area (Å²) in [5.74, 6) is 0.506. The van der Waals surface area contributed by atoms with Gasteiger partial charge in [-0.05, 0) is 30.5 Å². The fourth-order valence-corrected chi connectivity index (χ4v) is 4.94. The average molecular weight is 453 g/mol. The van der Waals surface area contributed by atoms with Crippen molar-refractivity contribution in [2.75, 3.05) is 18.5 Å². The van der Waals surface area contributed by atoms with Crippen LogP contribution in [0.1, 0.15) is 35.6 Å². The summed E-state index contributed by atoms with van der Waals surface area (Å²) < 4.78 is 2.01. The monoisotopic (exact) mass is 452 g/mol. The quantitative estimate of drug-likeness (QED) is 0.490. The number of hydrogen-bond acceptors (Lipinski definition) is 6. The first kappa shape index (κ1) is 22.8. The Balaban J connectivity index is 2.16. The highest BCUT2D eigenvalue weighted by Gasteiger charge is 2.32. The van der Waals surface area contributed by atoms with E-state index in [1.165, 1.54) is 16.3 Å². The maximum absolute atomic E-state index is 12.9. The normalized spacial score (nSPS) is 14.9. The standard InChI is InChI=1S/C23H24N4O2S2/c1-5-11-27-22(29)19(31-23(27)30)12-17-15(2)18(13-24)21(28)26(4)20(17)25(3)14-16-9-7-6-8-10-16/h6-10,12H,5,11,14H2,1-4H3. The number of aromatic nitrogens is 1. The third kappa shape index (κ3) is 4.43. The molecule has 1 aromatic heterocycles. The summed E-state index contributed by atoms with van der Waals surface area (Å²) in [6.45, 7) is 4.88. The van der Waals surface area contributed by atoms with Gasteiger partial charge in [0, 0.05) is 32.7 Å². The molecule has 8 heteroatoms. The van der Waals surface area contributed by atoms with Crippen molar-refractivity contribution in [2.45, 2.75) is 26.8 Å². The molecule has 0 radical (unpaired) electrons. The van der Waals surface area contributed by atoms with E-state index in [4.69, 9.17) is 12.2 Å². The molecule has 160 valence electrons. The highest BCUT2D eigenvalue weighted by molar-refractivity contribution is 8.26. The lowest BCUT2D eigenvalue weighted by Crippen LogP contribution is -2.31. The lowest BCUT2D eigenvalue weighted by molar-refractivity contribution is -0.122. The molecular formula is C23H24N4O2S2. The molecule has 1 aliphatic heterocycles. The SMILES string of the molecule is CCCN1C(=O)C(=Cc2c(C)c(C#N)c(=O)n(C)c2N(C)Cc2ccccc2)SC1=S. The van der Waals surface area contributed by atoms with Crippen LogP contribution in [0.5, 0.6) is 0 Å². The molecule has 2 heterocycles. The maximum Gasteiger partial charge on any atom is 0.270 e. The van der Waals surface area contributed by atoms with E-state index in [0.717, 1.165) is 12.0 Å². The smallest absolute Gasteiger partial charge is 0.270 e. The number of nitrogens with zero attached hydrogens (tertiary/aromatic N) is 4. The Morgan fingerprint density at radius 2 is 1.94 bits per heavy atom. The summed E-state index contributed by atoms with van der Waals surface area (Å²) in [6.07, 6.45) is 2.57. The molecule has 3 rings (SSSR count). The van der Waals surface area contributed by atoms with Crippen LogP contribution in [0.15, 0.2) is 40.0 Å².